The number of hydrogen-bond donors (Lipinski definition) is 1. The van der Waals surface area contributed by atoms with Crippen molar-refractivity contribution in [1.29, 1.82) is 0 Å². The molecule has 4 nitrogen and oxygen atoms in total. The number of nitrogens with zero attached hydrogens (tertiary/aromatic N) is 1. The molecule has 0 heterocycles. The van der Waals surface area contributed by atoms with Gasteiger partial charge in [0.1, 0.15) is 11.5 Å². The second kappa shape index (κ2) is 7.86. The van der Waals surface area contributed by atoms with E-state index in [1.54, 1.807) is 12.1 Å². The number of methoxy groups -OCH3 is 2. The zero-order valence-electron chi connectivity index (χ0n) is 11.7. The van der Waals surface area contributed by atoms with E-state index < -0.39 is 12.7 Å². The average molecular weight is 372 g/mol. The van der Waals surface area contributed by atoms with Gasteiger partial charge in [-0.1, -0.05) is 0 Å². The summed E-state index contributed by atoms with van der Waals surface area (Å²) in [4.78, 5) is 1.10. The first-order valence-corrected chi connectivity index (χ1v) is 6.90. The Morgan fingerprint density at radius 3 is 2.29 bits per heavy atom. The molecule has 120 valence electrons. The Morgan fingerprint density at radius 1 is 1.19 bits per heavy atom. The largest absolute Gasteiger partial charge is 0.496 e. The Bertz CT molecular complexity index is 469. The van der Waals surface area contributed by atoms with Gasteiger partial charge in [-0.15, -0.1) is 0 Å². The highest BCUT2D eigenvalue weighted by Gasteiger charge is 2.31. The standard InChI is InChI=1S/C13H17BrF3NO3/c1-20-11-6-10(14)12(21-2)5-9(11)7-18(3-4-19)8-13(15,16)17/h5-6,19H,3-4,7-8H2,1-2H3. The van der Waals surface area contributed by atoms with Gasteiger partial charge < -0.3 is 14.6 Å². The molecule has 0 aliphatic carbocycles. The smallest absolute Gasteiger partial charge is 0.401 e. The summed E-state index contributed by atoms with van der Waals surface area (Å²) in [5.41, 5.74) is 0.551. The third-order valence-electron chi connectivity index (χ3n) is 2.77. The van der Waals surface area contributed by atoms with E-state index in [1.165, 1.54) is 14.2 Å². The molecule has 0 radical (unpaired) electrons. The number of rotatable bonds is 7. The van der Waals surface area contributed by atoms with E-state index in [9.17, 15) is 13.2 Å². The highest BCUT2D eigenvalue weighted by molar-refractivity contribution is 9.10. The van der Waals surface area contributed by atoms with Gasteiger partial charge in [-0.05, 0) is 28.1 Å². The van der Waals surface area contributed by atoms with Gasteiger partial charge >= 0.3 is 6.18 Å². The summed E-state index contributed by atoms with van der Waals surface area (Å²) in [6.07, 6.45) is -4.33. The van der Waals surface area contributed by atoms with Crippen LogP contribution in [0.5, 0.6) is 11.5 Å². The third kappa shape index (κ3) is 5.72. The van der Waals surface area contributed by atoms with Gasteiger partial charge in [-0.2, -0.15) is 13.2 Å². The molecule has 0 aromatic heterocycles. The second-order valence-corrected chi connectivity index (χ2v) is 5.20. The van der Waals surface area contributed by atoms with Crippen molar-refractivity contribution in [2.24, 2.45) is 0 Å². The number of benzene rings is 1. The minimum atomic E-state index is -4.33. The van der Waals surface area contributed by atoms with Gasteiger partial charge in [0.25, 0.3) is 0 Å². The molecular weight excluding hydrogens is 355 g/mol. The Morgan fingerprint density at radius 2 is 1.81 bits per heavy atom. The fourth-order valence-electron chi connectivity index (χ4n) is 1.90. The van der Waals surface area contributed by atoms with E-state index >= 15 is 0 Å². The highest BCUT2D eigenvalue weighted by Crippen LogP contribution is 2.33. The molecule has 1 N–H and O–H groups in total. The molecule has 0 fully saturated rings. The number of aliphatic hydroxyl groups excluding tert-OH is 1. The van der Waals surface area contributed by atoms with E-state index in [2.05, 4.69) is 15.9 Å². The van der Waals surface area contributed by atoms with E-state index in [1.807, 2.05) is 0 Å². The summed E-state index contributed by atoms with van der Waals surface area (Å²) in [7, 11) is 2.91. The van der Waals surface area contributed by atoms with Gasteiger partial charge in [-0.3, -0.25) is 4.90 Å². The fraction of sp³-hybridized carbons (Fsp3) is 0.538. The summed E-state index contributed by atoms with van der Waals surface area (Å²) >= 11 is 3.29. The third-order valence-corrected chi connectivity index (χ3v) is 3.39. The summed E-state index contributed by atoms with van der Waals surface area (Å²) in [5.74, 6) is 0.953. The maximum absolute atomic E-state index is 12.5. The Hall–Kier alpha value is -0.990. The quantitative estimate of drug-likeness (QED) is 0.800. The maximum atomic E-state index is 12.5. The predicted molar refractivity (Wildman–Crippen MR) is 75.7 cm³/mol. The summed E-state index contributed by atoms with van der Waals surface area (Å²) < 4.78 is 48.6. The van der Waals surface area contributed by atoms with Crippen molar-refractivity contribution < 1.29 is 27.8 Å². The molecule has 8 heteroatoms. The van der Waals surface area contributed by atoms with Crippen molar-refractivity contribution >= 4 is 15.9 Å². The van der Waals surface area contributed by atoms with Gasteiger partial charge in [-0.25, -0.2) is 0 Å². The van der Waals surface area contributed by atoms with Gasteiger partial charge in [0.2, 0.25) is 0 Å². The van der Waals surface area contributed by atoms with Crippen LogP contribution in [0.25, 0.3) is 0 Å². The first-order chi connectivity index (χ1) is 9.80. The highest BCUT2D eigenvalue weighted by atomic mass is 79.9. The number of alkyl halides is 3. The first kappa shape index (κ1) is 18.1. The predicted octanol–water partition coefficient (Wildman–Crippen LogP) is 2.82. The molecule has 0 amide bonds. The Balaban J connectivity index is 3.01. The van der Waals surface area contributed by atoms with E-state index in [-0.39, 0.29) is 19.7 Å². The minimum Gasteiger partial charge on any atom is -0.496 e. The summed E-state index contributed by atoms with van der Waals surface area (Å²) in [5, 5.41) is 8.91. The molecule has 0 saturated heterocycles. The van der Waals surface area contributed by atoms with Crippen LogP contribution in [-0.2, 0) is 6.54 Å². The van der Waals surface area contributed by atoms with Crippen molar-refractivity contribution in [3.8, 4) is 11.5 Å². The van der Waals surface area contributed by atoms with Crippen molar-refractivity contribution in [1.82, 2.24) is 4.90 Å². The van der Waals surface area contributed by atoms with E-state index in [0.29, 0.717) is 21.5 Å². The van der Waals surface area contributed by atoms with E-state index in [0.717, 1.165) is 4.90 Å². The van der Waals surface area contributed by atoms with Gasteiger partial charge in [0.05, 0.1) is 31.8 Å². The SMILES string of the molecule is COc1cc(CN(CCO)CC(F)(F)F)c(OC)cc1Br. The minimum absolute atomic E-state index is 0.00706. The van der Waals surface area contributed by atoms with Crippen LogP contribution >= 0.6 is 15.9 Å². The molecule has 1 rings (SSSR count). The average Bonchev–Trinajstić information content (AvgIpc) is 2.38. The first-order valence-electron chi connectivity index (χ1n) is 6.11. The normalized spacial score (nSPS) is 11.8. The van der Waals surface area contributed by atoms with Crippen LogP contribution in [0.3, 0.4) is 0 Å². The monoisotopic (exact) mass is 371 g/mol. The molecule has 0 aliphatic rings. The number of aliphatic hydroxyl groups is 1. The molecule has 21 heavy (non-hydrogen) atoms. The summed E-state index contributed by atoms with van der Waals surface area (Å²) in [6.45, 7) is -1.55. The van der Waals surface area contributed by atoms with Crippen molar-refractivity contribution in [2.75, 3.05) is 33.9 Å². The number of halogens is 4. The van der Waals surface area contributed by atoms with Gasteiger partial charge in [0, 0.05) is 18.7 Å². The number of ether oxygens (including phenoxy) is 2. The van der Waals surface area contributed by atoms with Crippen LogP contribution in [0.15, 0.2) is 16.6 Å². The lowest BCUT2D eigenvalue weighted by Crippen LogP contribution is -2.35. The molecule has 0 atom stereocenters. The molecule has 1 aromatic rings. The Kier molecular flexibility index (Phi) is 6.76. The van der Waals surface area contributed by atoms with E-state index in [4.69, 9.17) is 14.6 Å². The van der Waals surface area contributed by atoms with Crippen molar-refractivity contribution in [2.45, 2.75) is 12.7 Å². The molecular formula is C13H17BrF3NO3. The molecule has 1 aromatic carbocycles. The van der Waals surface area contributed by atoms with Crippen LogP contribution in [0.2, 0.25) is 0 Å². The number of hydrogen-bond acceptors (Lipinski definition) is 4. The zero-order valence-corrected chi connectivity index (χ0v) is 13.3. The van der Waals surface area contributed by atoms with Crippen LogP contribution in [0.4, 0.5) is 13.2 Å². The zero-order chi connectivity index (χ0) is 16.0. The van der Waals surface area contributed by atoms with Crippen LogP contribution in [0, 0.1) is 0 Å². The fourth-order valence-corrected chi connectivity index (χ4v) is 2.38. The van der Waals surface area contributed by atoms with Crippen LogP contribution in [0.1, 0.15) is 5.56 Å². The topological polar surface area (TPSA) is 41.9 Å². The molecule has 0 bridgehead atoms. The summed E-state index contributed by atoms with van der Waals surface area (Å²) in [6, 6.07) is 3.25. The maximum Gasteiger partial charge on any atom is 0.401 e. The molecule has 0 saturated carbocycles. The Labute approximate surface area is 129 Å². The lowest BCUT2D eigenvalue weighted by atomic mass is 10.1. The van der Waals surface area contributed by atoms with Crippen LogP contribution in [-0.4, -0.2) is 50.1 Å². The molecule has 0 spiro atoms. The van der Waals surface area contributed by atoms with Gasteiger partial charge in [0.15, 0.2) is 0 Å². The van der Waals surface area contributed by atoms with Crippen molar-refractivity contribution in [3.05, 3.63) is 22.2 Å². The lowest BCUT2D eigenvalue weighted by molar-refractivity contribution is -0.148. The molecule has 0 unspecified atom stereocenters. The van der Waals surface area contributed by atoms with Crippen molar-refractivity contribution in [3.63, 3.8) is 0 Å². The van der Waals surface area contributed by atoms with Crippen LogP contribution < -0.4 is 9.47 Å². The lowest BCUT2D eigenvalue weighted by Gasteiger charge is -2.24. The second-order valence-electron chi connectivity index (χ2n) is 4.35. The molecule has 0 aliphatic heterocycles.